The van der Waals surface area contributed by atoms with Gasteiger partial charge in [-0.15, -0.1) is 0 Å². The maximum Gasteiger partial charge on any atom is -0.0184 e. The van der Waals surface area contributed by atoms with Crippen molar-refractivity contribution in [1.82, 2.24) is 0 Å². The van der Waals surface area contributed by atoms with Crippen molar-refractivity contribution in [1.29, 1.82) is 0 Å². The summed E-state index contributed by atoms with van der Waals surface area (Å²) in [5, 5.41) is 0. The molecule has 0 aliphatic carbocycles. The van der Waals surface area contributed by atoms with Gasteiger partial charge in [-0.2, -0.15) is 0 Å². The van der Waals surface area contributed by atoms with E-state index in [9.17, 15) is 0 Å². The van der Waals surface area contributed by atoms with E-state index in [2.05, 4.69) is 97.1 Å². The fourth-order valence-electron chi connectivity index (χ4n) is 2.31. The third-order valence-electron chi connectivity index (χ3n) is 3.51. The van der Waals surface area contributed by atoms with Gasteiger partial charge in [-0.1, -0.05) is 109 Å². The van der Waals surface area contributed by atoms with Crippen LogP contribution in [0.3, 0.4) is 0 Å². The Labute approximate surface area is 132 Å². The summed E-state index contributed by atoms with van der Waals surface area (Å²) in [6.07, 6.45) is 8.63. The minimum absolute atomic E-state index is 1.21. The van der Waals surface area contributed by atoms with Gasteiger partial charge in [0.15, 0.2) is 0 Å². The molecule has 0 bridgehead atoms. The van der Waals surface area contributed by atoms with Crippen LogP contribution in [0.5, 0.6) is 0 Å². The predicted molar refractivity (Wildman–Crippen MR) is 97.2 cm³/mol. The van der Waals surface area contributed by atoms with Gasteiger partial charge in [0.2, 0.25) is 0 Å². The fourth-order valence-corrected chi connectivity index (χ4v) is 2.31. The first-order valence-corrected chi connectivity index (χ1v) is 7.47. The molecular weight excluding hydrogens is 264 g/mol. The van der Waals surface area contributed by atoms with Gasteiger partial charge in [0.25, 0.3) is 0 Å². The van der Waals surface area contributed by atoms with Gasteiger partial charge in [0, 0.05) is 0 Å². The highest BCUT2D eigenvalue weighted by Crippen LogP contribution is 2.16. The molecular formula is C22H18. The molecule has 3 aromatic rings. The zero-order valence-electron chi connectivity index (χ0n) is 12.4. The van der Waals surface area contributed by atoms with Gasteiger partial charge < -0.3 is 0 Å². The molecule has 3 aromatic carbocycles. The topological polar surface area (TPSA) is 0 Å². The van der Waals surface area contributed by atoms with E-state index in [1.165, 1.54) is 22.3 Å². The lowest BCUT2D eigenvalue weighted by atomic mass is 10.0. The van der Waals surface area contributed by atoms with E-state index in [0.717, 1.165) is 0 Å². The van der Waals surface area contributed by atoms with Crippen LogP contribution in [0.2, 0.25) is 0 Å². The minimum atomic E-state index is 1.21. The minimum Gasteiger partial charge on any atom is -0.0622 e. The molecule has 0 saturated heterocycles. The van der Waals surface area contributed by atoms with Crippen molar-refractivity contribution in [3.8, 4) is 0 Å². The highest BCUT2D eigenvalue weighted by atomic mass is 14.0. The zero-order chi connectivity index (χ0) is 15.0. The van der Waals surface area contributed by atoms with Crippen LogP contribution < -0.4 is 0 Å². The van der Waals surface area contributed by atoms with Crippen LogP contribution in [0, 0.1) is 0 Å². The zero-order valence-corrected chi connectivity index (χ0v) is 12.4. The molecule has 0 heteroatoms. The van der Waals surface area contributed by atoms with Crippen LogP contribution in [-0.4, -0.2) is 0 Å². The summed E-state index contributed by atoms with van der Waals surface area (Å²) in [6, 6.07) is 29.2. The van der Waals surface area contributed by atoms with Crippen molar-refractivity contribution in [2.45, 2.75) is 0 Å². The van der Waals surface area contributed by atoms with E-state index >= 15 is 0 Å². The average Bonchev–Trinajstić information content (AvgIpc) is 2.61. The summed E-state index contributed by atoms with van der Waals surface area (Å²) in [5.41, 5.74) is 4.87. The predicted octanol–water partition coefficient (Wildman–Crippen LogP) is 6.03. The molecule has 0 heterocycles. The van der Waals surface area contributed by atoms with Crippen LogP contribution in [0.15, 0.2) is 84.9 Å². The second kappa shape index (κ2) is 7.24. The van der Waals surface area contributed by atoms with Crippen molar-refractivity contribution < 1.29 is 0 Å². The molecule has 0 aromatic heterocycles. The van der Waals surface area contributed by atoms with E-state index in [1.807, 2.05) is 12.1 Å². The number of benzene rings is 3. The van der Waals surface area contributed by atoms with E-state index < -0.39 is 0 Å². The first-order chi connectivity index (χ1) is 10.9. The van der Waals surface area contributed by atoms with Gasteiger partial charge >= 0.3 is 0 Å². The first-order valence-electron chi connectivity index (χ1n) is 7.47. The summed E-state index contributed by atoms with van der Waals surface area (Å²) in [4.78, 5) is 0. The van der Waals surface area contributed by atoms with Crippen LogP contribution in [-0.2, 0) is 0 Å². The molecule has 0 N–H and O–H groups in total. The van der Waals surface area contributed by atoms with Crippen molar-refractivity contribution in [3.05, 3.63) is 107 Å². The highest BCUT2D eigenvalue weighted by molar-refractivity contribution is 5.79. The van der Waals surface area contributed by atoms with Crippen LogP contribution in [0.25, 0.3) is 24.3 Å². The summed E-state index contributed by atoms with van der Waals surface area (Å²) in [7, 11) is 0. The van der Waals surface area contributed by atoms with Crippen molar-refractivity contribution in [2.75, 3.05) is 0 Å². The van der Waals surface area contributed by atoms with Crippen molar-refractivity contribution in [3.63, 3.8) is 0 Å². The van der Waals surface area contributed by atoms with Gasteiger partial charge in [-0.05, 0) is 22.3 Å². The smallest absolute Gasteiger partial charge is 0.0184 e. The lowest BCUT2D eigenvalue weighted by Crippen LogP contribution is -1.80. The fraction of sp³-hybridized carbons (Fsp3) is 0. The molecule has 0 spiro atoms. The lowest BCUT2D eigenvalue weighted by molar-refractivity contribution is 1.61. The molecule has 0 atom stereocenters. The quantitative estimate of drug-likeness (QED) is 0.513. The van der Waals surface area contributed by atoms with Gasteiger partial charge in [-0.3, -0.25) is 0 Å². The summed E-state index contributed by atoms with van der Waals surface area (Å²) >= 11 is 0. The van der Waals surface area contributed by atoms with Crippen molar-refractivity contribution in [2.24, 2.45) is 0 Å². The molecule has 0 nitrogen and oxygen atoms in total. The second-order valence-electron chi connectivity index (χ2n) is 5.12. The van der Waals surface area contributed by atoms with Crippen LogP contribution in [0.4, 0.5) is 0 Å². The Balaban J connectivity index is 1.84. The molecule has 22 heavy (non-hydrogen) atoms. The highest BCUT2D eigenvalue weighted by Gasteiger charge is 1.94. The Morgan fingerprint density at radius 3 is 1.14 bits per heavy atom. The maximum absolute atomic E-state index is 2.17. The first kappa shape index (κ1) is 14.1. The van der Waals surface area contributed by atoms with Crippen molar-refractivity contribution >= 4 is 24.3 Å². The molecule has 0 amide bonds. The lowest BCUT2D eigenvalue weighted by Gasteiger charge is -2.01. The maximum atomic E-state index is 2.17. The average molecular weight is 282 g/mol. The monoisotopic (exact) mass is 282 g/mol. The van der Waals surface area contributed by atoms with E-state index in [-0.39, 0.29) is 0 Å². The Hall–Kier alpha value is -2.86. The van der Waals surface area contributed by atoms with Gasteiger partial charge in [0.05, 0.1) is 0 Å². The van der Waals surface area contributed by atoms with E-state index in [1.54, 1.807) is 0 Å². The number of hydrogen-bond donors (Lipinski definition) is 0. The summed E-state index contributed by atoms with van der Waals surface area (Å²) < 4.78 is 0. The van der Waals surface area contributed by atoms with E-state index in [4.69, 9.17) is 0 Å². The molecule has 0 saturated carbocycles. The molecule has 0 aliphatic rings. The standard InChI is InChI=1S/C22H18/c1-3-9-19(10-4-1)15-17-21-13-7-8-14-22(21)18-16-20-11-5-2-6-12-20/h1-18H/b17-15-,18-16-. The molecule has 106 valence electrons. The largest absolute Gasteiger partial charge is 0.0622 e. The number of hydrogen-bond acceptors (Lipinski definition) is 0. The Bertz CT molecular complexity index is 697. The molecule has 0 aliphatic heterocycles. The van der Waals surface area contributed by atoms with E-state index in [0.29, 0.717) is 0 Å². The molecule has 0 fully saturated rings. The Kier molecular flexibility index (Phi) is 4.63. The second-order valence-corrected chi connectivity index (χ2v) is 5.12. The SMILES string of the molecule is C(=C/c1ccccc1/C=C\c1ccccc1)/c1ccccc1. The third kappa shape index (κ3) is 3.83. The number of rotatable bonds is 4. The normalized spacial score (nSPS) is 11.3. The Morgan fingerprint density at radius 2 is 0.727 bits per heavy atom. The van der Waals surface area contributed by atoms with Crippen LogP contribution in [0.1, 0.15) is 22.3 Å². The molecule has 0 radical (unpaired) electrons. The third-order valence-corrected chi connectivity index (χ3v) is 3.51. The van der Waals surface area contributed by atoms with Gasteiger partial charge in [-0.25, -0.2) is 0 Å². The van der Waals surface area contributed by atoms with Gasteiger partial charge in [0.1, 0.15) is 0 Å². The van der Waals surface area contributed by atoms with Crippen LogP contribution >= 0.6 is 0 Å². The molecule has 0 unspecified atom stereocenters. The summed E-state index contributed by atoms with van der Waals surface area (Å²) in [6.45, 7) is 0. The summed E-state index contributed by atoms with van der Waals surface area (Å²) in [5.74, 6) is 0. The Morgan fingerprint density at radius 1 is 0.364 bits per heavy atom. The molecule has 3 rings (SSSR count).